The molecule has 0 unspecified atom stereocenters. The summed E-state index contributed by atoms with van der Waals surface area (Å²) in [7, 11) is 0. The summed E-state index contributed by atoms with van der Waals surface area (Å²) in [4.78, 5) is 32.2. The van der Waals surface area contributed by atoms with Gasteiger partial charge in [0.2, 0.25) is 11.8 Å². The minimum atomic E-state index is -4.61. The molecule has 0 aromatic carbocycles. The molecule has 2 N–H and O–H groups in total. The molecule has 0 spiro atoms. The number of amides is 2. The van der Waals surface area contributed by atoms with Crippen molar-refractivity contribution in [3.63, 3.8) is 0 Å². The van der Waals surface area contributed by atoms with Gasteiger partial charge >= 0.3 is 6.18 Å². The zero-order valence-corrected chi connectivity index (χ0v) is 17.4. The zero-order chi connectivity index (χ0) is 22.3. The molecule has 0 bridgehead atoms. The number of carbonyl (C=O) groups is 2. The van der Waals surface area contributed by atoms with E-state index in [9.17, 15) is 22.8 Å². The van der Waals surface area contributed by atoms with Crippen molar-refractivity contribution in [2.75, 3.05) is 25.0 Å². The number of fused-ring (bicyclic) bond motifs is 1. The van der Waals surface area contributed by atoms with Crippen LogP contribution in [0.4, 0.5) is 19.0 Å². The first-order valence-electron chi connectivity index (χ1n) is 10.4. The Bertz CT molecular complexity index is 1000. The lowest BCUT2D eigenvalue weighted by Crippen LogP contribution is -2.40. The number of halogens is 3. The third-order valence-electron chi connectivity index (χ3n) is 5.69. The van der Waals surface area contributed by atoms with E-state index in [0.717, 1.165) is 12.5 Å². The molecule has 31 heavy (non-hydrogen) atoms. The van der Waals surface area contributed by atoms with Gasteiger partial charge in [-0.1, -0.05) is 0 Å². The standard InChI is InChI=1S/C20H25F3N6O2/c1-11(2)24-18-17-12(20(21,22)23)9-13(25-19(17)27-26-18)14-5-3-8-29(14)16(31)10-28-7-4-6-15(28)30/h9,11,14H,3-8,10H2,1-2H3,(H2,24,25,26,27)/t14-/m1/s1. The van der Waals surface area contributed by atoms with Crippen LogP contribution in [0.5, 0.6) is 0 Å². The second kappa shape index (κ2) is 8.01. The van der Waals surface area contributed by atoms with Crippen LogP contribution in [0.1, 0.15) is 56.8 Å². The average Bonchev–Trinajstić information content (AvgIpc) is 3.41. The minimum absolute atomic E-state index is 0.0296. The summed E-state index contributed by atoms with van der Waals surface area (Å²) in [6.07, 6.45) is -2.29. The van der Waals surface area contributed by atoms with Crippen LogP contribution in [0.25, 0.3) is 11.0 Å². The maximum absolute atomic E-state index is 13.9. The summed E-state index contributed by atoms with van der Waals surface area (Å²) >= 11 is 0. The quantitative estimate of drug-likeness (QED) is 0.748. The van der Waals surface area contributed by atoms with Crippen LogP contribution in [0.2, 0.25) is 0 Å². The molecule has 1 atom stereocenters. The van der Waals surface area contributed by atoms with Gasteiger partial charge in [-0.25, -0.2) is 4.98 Å². The molecule has 0 saturated carbocycles. The van der Waals surface area contributed by atoms with E-state index in [1.807, 2.05) is 13.8 Å². The topological polar surface area (TPSA) is 94.2 Å². The Kier molecular flexibility index (Phi) is 5.52. The highest BCUT2D eigenvalue weighted by molar-refractivity contribution is 5.91. The Morgan fingerprint density at radius 2 is 2.10 bits per heavy atom. The Hall–Kier alpha value is -2.85. The molecule has 8 nitrogen and oxygen atoms in total. The maximum atomic E-state index is 13.9. The highest BCUT2D eigenvalue weighted by Crippen LogP contribution is 2.40. The smallest absolute Gasteiger partial charge is 0.366 e. The van der Waals surface area contributed by atoms with Crippen LogP contribution in [0.15, 0.2) is 6.07 Å². The molecule has 0 radical (unpaired) electrons. The molecule has 2 aliphatic rings. The largest absolute Gasteiger partial charge is 0.417 e. The summed E-state index contributed by atoms with van der Waals surface area (Å²) in [5, 5.41) is 9.39. The van der Waals surface area contributed by atoms with Gasteiger partial charge in [0, 0.05) is 25.6 Å². The van der Waals surface area contributed by atoms with Crippen molar-refractivity contribution in [2.45, 2.75) is 57.8 Å². The van der Waals surface area contributed by atoms with Crippen molar-refractivity contribution < 1.29 is 22.8 Å². The number of pyridine rings is 1. The number of anilines is 1. The van der Waals surface area contributed by atoms with E-state index < -0.39 is 17.8 Å². The lowest BCUT2D eigenvalue weighted by Gasteiger charge is -2.27. The molecule has 2 aromatic rings. The Balaban J connectivity index is 1.68. The van der Waals surface area contributed by atoms with E-state index in [1.165, 1.54) is 4.90 Å². The van der Waals surface area contributed by atoms with Crippen molar-refractivity contribution in [2.24, 2.45) is 0 Å². The third-order valence-corrected chi connectivity index (χ3v) is 5.69. The fourth-order valence-corrected chi connectivity index (χ4v) is 4.32. The Morgan fingerprint density at radius 3 is 2.74 bits per heavy atom. The van der Waals surface area contributed by atoms with E-state index in [1.54, 1.807) is 4.90 Å². The molecule has 4 rings (SSSR count). The summed E-state index contributed by atoms with van der Waals surface area (Å²) < 4.78 is 41.8. The van der Waals surface area contributed by atoms with Crippen LogP contribution in [-0.4, -0.2) is 62.5 Å². The van der Waals surface area contributed by atoms with Crippen molar-refractivity contribution in [3.05, 3.63) is 17.3 Å². The first-order valence-corrected chi connectivity index (χ1v) is 10.4. The SMILES string of the molecule is CC(C)Nc1n[nH]c2nc([C@H]3CCCN3C(=O)CN3CCCC3=O)cc(C(F)(F)F)c12. The number of hydrogen-bond acceptors (Lipinski definition) is 5. The zero-order valence-electron chi connectivity index (χ0n) is 17.4. The first-order chi connectivity index (χ1) is 14.6. The van der Waals surface area contributed by atoms with E-state index in [4.69, 9.17) is 0 Å². The van der Waals surface area contributed by atoms with Crippen LogP contribution in [0, 0.1) is 0 Å². The molecular weight excluding hydrogens is 413 g/mol. The predicted molar refractivity (Wildman–Crippen MR) is 107 cm³/mol. The van der Waals surface area contributed by atoms with Gasteiger partial charge in [0.15, 0.2) is 11.5 Å². The van der Waals surface area contributed by atoms with Gasteiger partial charge < -0.3 is 15.1 Å². The molecule has 0 aliphatic carbocycles. The van der Waals surface area contributed by atoms with Crippen molar-refractivity contribution >= 4 is 28.7 Å². The van der Waals surface area contributed by atoms with Gasteiger partial charge in [-0.3, -0.25) is 14.7 Å². The second-order valence-electron chi connectivity index (χ2n) is 8.35. The van der Waals surface area contributed by atoms with Crippen molar-refractivity contribution in [1.82, 2.24) is 25.0 Å². The van der Waals surface area contributed by atoms with Gasteiger partial charge in [0.05, 0.1) is 29.2 Å². The molecule has 2 amide bonds. The van der Waals surface area contributed by atoms with Gasteiger partial charge in [-0.05, 0) is 39.2 Å². The highest BCUT2D eigenvalue weighted by Gasteiger charge is 2.39. The second-order valence-corrected chi connectivity index (χ2v) is 8.35. The normalized spacial score (nSPS) is 19.8. The number of likely N-dealkylation sites (tertiary alicyclic amines) is 2. The number of alkyl halides is 3. The number of rotatable bonds is 5. The van der Waals surface area contributed by atoms with E-state index in [2.05, 4.69) is 20.5 Å². The highest BCUT2D eigenvalue weighted by atomic mass is 19.4. The predicted octanol–water partition coefficient (Wildman–Crippen LogP) is 3.08. The summed E-state index contributed by atoms with van der Waals surface area (Å²) in [5.74, 6) is -0.228. The van der Waals surface area contributed by atoms with Crippen LogP contribution < -0.4 is 5.32 Å². The molecule has 4 heterocycles. The van der Waals surface area contributed by atoms with E-state index >= 15 is 0 Å². The molecule has 11 heteroatoms. The third kappa shape index (κ3) is 4.17. The van der Waals surface area contributed by atoms with E-state index in [0.29, 0.717) is 32.4 Å². The van der Waals surface area contributed by atoms with Crippen LogP contribution >= 0.6 is 0 Å². The number of nitrogens with one attached hydrogen (secondary N) is 2. The molecule has 2 aromatic heterocycles. The number of carbonyl (C=O) groups excluding carboxylic acids is 2. The molecular formula is C20H25F3N6O2. The summed E-state index contributed by atoms with van der Waals surface area (Å²) in [5.41, 5.74) is -0.626. The van der Waals surface area contributed by atoms with Gasteiger partial charge in [0.25, 0.3) is 0 Å². The Morgan fingerprint density at radius 1 is 1.32 bits per heavy atom. The van der Waals surface area contributed by atoms with Crippen molar-refractivity contribution in [3.8, 4) is 0 Å². The average molecular weight is 438 g/mol. The molecule has 2 fully saturated rings. The van der Waals surface area contributed by atoms with Gasteiger partial charge in [0.1, 0.15) is 0 Å². The number of H-pyrrole nitrogens is 1. The fraction of sp³-hybridized carbons (Fsp3) is 0.600. The lowest BCUT2D eigenvalue weighted by molar-refractivity contribution is -0.139. The van der Waals surface area contributed by atoms with Crippen molar-refractivity contribution in [1.29, 1.82) is 0 Å². The number of aromatic nitrogens is 3. The van der Waals surface area contributed by atoms with Crippen LogP contribution in [0.3, 0.4) is 0 Å². The van der Waals surface area contributed by atoms with E-state index in [-0.39, 0.29) is 46.9 Å². The van der Waals surface area contributed by atoms with Gasteiger partial charge in [-0.15, -0.1) is 0 Å². The maximum Gasteiger partial charge on any atom is 0.417 e. The number of hydrogen-bond donors (Lipinski definition) is 2. The lowest BCUT2D eigenvalue weighted by atomic mass is 10.0. The molecule has 2 saturated heterocycles. The summed E-state index contributed by atoms with van der Waals surface area (Å²) in [6, 6.07) is 0.352. The molecule has 2 aliphatic heterocycles. The monoisotopic (exact) mass is 438 g/mol. The summed E-state index contributed by atoms with van der Waals surface area (Å²) in [6.45, 7) is 4.53. The van der Waals surface area contributed by atoms with Crippen LogP contribution in [-0.2, 0) is 15.8 Å². The Labute approximate surface area is 177 Å². The minimum Gasteiger partial charge on any atom is -0.366 e. The number of nitrogens with zero attached hydrogens (tertiary/aromatic N) is 4. The number of aromatic amines is 1. The molecule has 168 valence electrons. The first kappa shape index (κ1) is 21.4. The fourth-order valence-electron chi connectivity index (χ4n) is 4.32. The van der Waals surface area contributed by atoms with Gasteiger partial charge in [-0.2, -0.15) is 18.3 Å².